The first-order valence-electron chi connectivity index (χ1n) is 4.22. The minimum Gasteiger partial charge on any atom is -0.484 e. The average Bonchev–Trinajstić information content (AvgIpc) is 2.63. The van der Waals surface area contributed by atoms with E-state index in [4.69, 9.17) is 14.9 Å². The molecular formula is C10H10N2O2. The van der Waals surface area contributed by atoms with Gasteiger partial charge in [0.2, 0.25) is 5.89 Å². The van der Waals surface area contributed by atoms with Crippen molar-refractivity contribution >= 4 is 5.82 Å². The van der Waals surface area contributed by atoms with Gasteiger partial charge in [0, 0.05) is 0 Å². The lowest BCUT2D eigenvalue weighted by Gasteiger charge is -2.01. The number of rotatable bonds is 3. The van der Waals surface area contributed by atoms with E-state index in [0.717, 1.165) is 5.75 Å². The number of nitrogens with two attached hydrogens (primary N) is 1. The Morgan fingerprint density at radius 3 is 2.71 bits per heavy atom. The van der Waals surface area contributed by atoms with Gasteiger partial charge in [-0.05, 0) is 12.1 Å². The second kappa shape index (κ2) is 3.83. The zero-order valence-electron chi connectivity index (χ0n) is 7.51. The molecule has 0 saturated carbocycles. The van der Waals surface area contributed by atoms with Crippen molar-refractivity contribution in [2.75, 3.05) is 5.73 Å². The van der Waals surface area contributed by atoms with Crippen molar-refractivity contribution in [3.05, 3.63) is 42.5 Å². The highest BCUT2D eigenvalue weighted by molar-refractivity contribution is 5.23. The van der Waals surface area contributed by atoms with Crippen LogP contribution in [0.5, 0.6) is 5.75 Å². The van der Waals surface area contributed by atoms with E-state index in [1.165, 1.54) is 6.26 Å². The van der Waals surface area contributed by atoms with Crippen molar-refractivity contribution in [1.29, 1.82) is 0 Å². The predicted molar refractivity (Wildman–Crippen MR) is 51.7 cm³/mol. The fourth-order valence-electron chi connectivity index (χ4n) is 1.05. The molecule has 0 spiro atoms. The van der Waals surface area contributed by atoms with Crippen molar-refractivity contribution in [3.8, 4) is 5.75 Å². The van der Waals surface area contributed by atoms with Gasteiger partial charge >= 0.3 is 0 Å². The number of nitrogens with zero attached hydrogens (tertiary/aromatic N) is 1. The van der Waals surface area contributed by atoms with E-state index >= 15 is 0 Å². The summed E-state index contributed by atoms with van der Waals surface area (Å²) in [5.74, 6) is 1.63. The van der Waals surface area contributed by atoms with Crippen molar-refractivity contribution < 1.29 is 9.15 Å². The third-order valence-electron chi connectivity index (χ3n) is 1.68. The zero-order valence-corrected chi connectivity index (χ0v) is 7.51. The standard InChI is InChI=1S/C10H10N2O2/c11-9-6-14-10(12-9)7-13-8-4-2-1-3-5-8/h1-6H,7,11H2. The average molecular weight is 190 g/mol. The van der Waals surface area contributed by atoms with Crippen LogP contribution in [-0.2, 0) is 6.61 Å². The van der Waals surface area contributed by atoms with E-state index in [0.29, 0.717) is 18.3 Å². The Morgan fingerprint density at radius 1 is 1.29 bits per heavy atom. The molecule has 1 aromatic heterocycles. The normalized spacial score (nSPS) is 10.0. The molecule has 1 heterocycles. The minimum atomic E-state index is 0.293. The first-order valence-corrected chi connectivity index (χ1v) is 4.22. The number of para-hydroxylation sites is 1. The molecule has 0 amide bonds. The molecule has 0 aliphatic heterocycles. The second-order valence-corrected chi connectivity index (χ2v) is 2.77. The largest absolute Gasteiger partial charge is 0.484 e. The van der Waals surface area contributed by atoms with Crippen LogP contribution in [0.3, 0.4) is 0 Å². The van der Waals surface area contributed by atoms with Gasteiger partial charge in [0.05, 0.1) is 0 Å². The Kier molecular flexibility index (Phi) is 2.36. The Morgan fingerprint density at radius 2 is 2.07 bits per heavy atom. The Balaban J connectivity index is 1.95. The molecule has 4 nitrogen and oxygen atoms in total. The summed E-state index contributed by atoms with van der Waals surface area (Å²) in [7, 11) is 0. The number of ether oxygens (including phenoxy) is 1. The van der Waals surface area contributed by atoms with E-state index in [9.17, 15) is 0 Å². The van der Waals surface area contributed by atoms with Crippen LogP contribution < -0.4 is 10.5 Å². The number of aromatic nitrogens is 1. The number of oxazole rings is 1. The molecule has 14 heavy (non-hydrogen) atoms. The highest BCUT2D eigenvalue weighted by Crippen LogP contribution is 2.11. The van der Waals surface area contributed by atoms with Gasteiger partial charge in [-0.15, -0.1) is 0 Å². The van der Waals surface area contributed by atoms with Crippen LogP contribution in [0, 0.1) is 0 Å². The number of nitrogen functional groups attached to an aromatic ring is 1. The van der Waals surface area contributed by atoms with Crippen LogP contribution in [0.1, 0.15) is 5.89 Å². The maximum absolute atomic E-state index is 5.39. The molecule has 0 aliphatic rings. The van der Waals surface area contributed by atoms with Gasteiger partial charge in [-0.25, -0.2) is 0 Å². The number of anilines is 1. The molecule has 0 atom stereocenters. The fourth-order valence-corrected chi connectivity index (χ4v) is 1.05. The molecule has 0 saturated heterocycles. The van der Waals surface area contributed by atoms with Crippen molar-refractivity contribution in [3.63, 3.8) is 0 Å². The SMILES string of the molecule is Nc1coc(COc2ccccc2)n1. The maximum Gasteiger partial charge on any atom is 0.234 e. The topological polar surface area (TPSA) is 61.3 Å². The molecule has 4 heteroatoms. The van der Waals surface area contributed by atoms with E-state index in [1.54, 1.807) is 0 Å². The van der Waals surface area contributed by atoms with Crippen LogP contribution in [-0.4, -0.2) is 4.98 Å². The Hall–Kier alpha value is -1.97. The van der Waals surface area contributed by atoms with Crippen LogP contribution in [0.2, 0.25) is 0 Å². The van der Waals surface area contributed by atoms with Crippen molar-refractivity contribution in [2.24, 2.45) is 0 Å². The molecule has 0 unspecified atom stereocenters. The van der Waals surface area contributed by atoms with Gasteiger partial charge in [-0.1, -0.05) is 18.2 Å². The predicted octanol–water partition coefficient (Wildman–Crippen LogP) is 1.84. The van der Waals surface area contributed by atoms with E-state index in [1.807, 2.05) is 30.3 Å². The molecule has 0 bridgehead atoms. The quantitative estimate of drug-likeness (QED) is 0.802. The monoisotopic (exact) mass is 190 g/mol. The number of hydrogen-bond acceptors (Lipinski definition) is 4. The molecule has 1 aromatic carbocycles. The first-order chi connectivity index (χ1) is 6.84. The molecular weight excluding hydrogens is 180 g/mol. The minimum absolute atomic E-state index is 0.293. The fraction of sp³-hybridized carbons (Fsp3) is 0.100. The first kappa shape index (κ1) is 8.62. The third-order valence-corrected chi connectivity index (χ3v) is 1.68. The Labute approximate surface area is 81.3 Å². The van der Waals surface area contributed by atoms with Gasteiger partial charge in [0.1, 0.15) is 12.0 Å². The van der Waals surface area contributed by atoms with E-state index < -0.39 is 0 Å². The highest BCUT2D eigenvalue weighted by Gasteiger charge is 2.01. The van der Waals surface area contributed by atoms with Crippen LogP contribution in [0.25, 0.3) is 0 Å². The molecule has 0 fully saturated rings. The number of hydrogen-bond donors (Lipinski definition) is 1. The zero-order chi connectivity index (χ0) is 9.80. The van der Waals surface area contributed by atoms with Crippen LogP contribution in [0.15, 0.2) is 41.0 Å². The Bertz CT molecular complexity index is 398. The van der Waals surface area contributed by atoms with Gasteiger partial charge in [0.15, 0.2) is 12.4 Å². The number of benzene rings is 1. The molecule has 0 radical (unpaired) electrons. The second-order valence-electron chi connectivity index (χ2n) is 2.77. The lowest BCUT2D eigenvalue weighted by molar-refractivity contribution is 0.263. The van der Waals surface area contributed by atoms with Gasteiger partial charge in [-0.2, -0.15) is 4.98 Å². The lowest BCUT2D eigenvalue weighted by Crippen LogP contribution is -1.95. The molecule has 0 aliphatic carbocycles. The molecule has 2 rings (SSSR count). The van der Waals surface area contributed by atoms with Gasteiger partial charge in [-0.3, -0.25) is 0 Å². The summed E-state index contributed by atoms with van der Waals surface area (Å²) in [6.45, 7) is 0.293. The summed E-state index contributed by atoms with van der Waals surface area (Å²) in [6.07, 6.45) is 1.39. The maximum atomic E-state index is 5.39. The summed E-state index contributed by atoms with van der Waals surface area (Å²) in [4.78, 5) is 3.91. The van der Waals surface area contributed by atoms with E-state index in [2.05, 4.69) is 4.98 Å². The summed E-state index contributed by atoms with van der Waals surface area (Å²) < 4.78 is 10.4. The van der Waals surface area contributed by atoms with Crippen LogP contribution >= 0.6 is 0 Å². The summed E-state index contributed by atoms with van der Waals surface area (Å²) in [6, 6.07) is 9.47. The molecule has 2 N–H and O–H groups in total. The summed E-state index contributed by atoms with van der Waals surface area (Å²) >= 11 is 0. The van der Waals surface area contributed by atoms with Gasteiger partial charge < -0.3 is 14.9 Å². The summed E-state index contributed by atoms with van der Waals surface area (Å²) in [5, 5.41) is 0. The lowest BCUT2D eigenvalue weighted by atomic mass is 10.3. The van der Waals surface area contributed by atoms with Crippen LogP contribution in [0.4, 0.5) is 5.82 Å². The van der Waals surface area contributed by atoms with E-state index in [-0.39, 0.29) is 0 Å². The van der Waals surface area contributed by atoms with Crippen molar-refractivity contribution in [1.82, 2.24) is 4.98 Å². The van der Waals surface area contributed by atoms with Crippen molar-refractivity contribution in [2.45, 2.75) is 6.61 Å². The molecule has 72 valence electrons. The third kappa shape index (κ3) is 2.04. The summed E-state index contributed by atoms with van der Waals surface area (Å²) in [5.41, 5.74) is 5.39. The van der Waals surface area contributed by atoms with Gasteiger partial charge in [0.25, 0.3) is 0 Å². The molecule has 2 aromatic rings. The smallest absolute Gasteiger partial charge is 0.234 e. The highest BCUT2D eigenvalue weighted by atomic mass is 16.5.